The highest BCUT2D eigenvalue weighted by atomic mass is 32.2. The van der Waals surface area contributed by atoms with Crippen molar-refractivity contribution in [2.45, 2.75) is 26.3 Å². The minimum absolute atomic E-state index is 0.0384. The maximum atomic E-state index is 12.3. The molecule has 0 bridgehead atoms. The summed E-state index contributed by atoms with van der Waals surface area (Å²) in [5.74, 6) is 1.80. The predicted molar refractivity (Wildman–Crippen MR) is 83.0 cm³/mol. The lowest BCUT2D eigenvalue weighted by molar-refractivity contribution is 0.0743. The summed E-state index contributed by atoms with van der Waals surface area (Å²) in [6.45, 7) is 4.95. The fraction of sp³-hybridized carbons (Fsp3) is 0.571. The Morgan fingerprint density at radius 1 is 1.47 bits per heavy atom. The van der Waals surface area contributed by atoms with Crippen LogP contribution in [0.15, 0.2) is 18.3 Å². The van der Waals surface area contributed by atoms with Gasteiger partial charge in [0.15, 0.2) is 0 Å². The van der Waals surface area contributed by atoms with Crippen molar-refractivity contribution < 1.29 is 4.79 Å². The molecule has 0 aliphatic carbocycles. The van der Waals surface area contributed by atoms with Gasteiger partial charge in [-0.15, -0.1) is 0 Å². The molecule has 0 aromatic carbocycles. The highest BCUT2D eigenvalue weighted by molar-refractivity contribution is 7.98. The number of anilines is 1. The molecule has 5 heteroatoms. The summed E-state index contributed by atoms with van der Waals surface area (Å²) in [4.78, 5) is 18.4. The van der Waals surface area contributed by atoms with E-state index in [2.05, 4.69) is 23.5 Å². The third-order valence-electron chi connectivity index (χ3n) is 3.07. The van der Waals surface area contributed by atoms with Crippen LogP contribution in [0.4, 0.5) is 5.82 Å². The maximum Gasteiger partial charge on any atom is 0.255 e. The number of rotatable bonds is 7. The molecular formula is C14H23N3OS. The molecular weight excluding hydrogens is 258 g/mol. The van der Waals surface area contributed by atoms with Crippen LogP contribution in [0.1, 0.15) is 30.6 Å². The molecule has 1 amide bonds. The van der Waals surface area contributed by atoms with Crippen molar-refractivity contribution in [1.82, 2.24) is 9.88 Å². The number of hydrogen-bond donors (Lipinski definition) is 1. The summed E-state index contributed by atoms with van der Waals surface area (Å²) < 4.78 is 0. The van der Waals surface area contributed by atoms with Crippen molar-refractivity contribution in [3.8, 4) is 0 Å². The summed E-state index contributed by atoms with van der Waals surface area (Å²) in [6, 6.07) is 3.95. The van der Waals surface area contributed by atoms with E-state index in [1.165, 1.54) is 0 Å². The van der Waals surface area contributed by atoms with Crippen LogP contribution in [0.5, 0.6) is 0 Å². The average molecular weight is 281 g/mol. The van der Waals surface area contributed by atoms with Crippen LogP contribution in [0, 0.1) is 0 Å². The maximum absolute atomic E-state index is 12.3. The van der Waals surface area contributed by atoms with Gasteiger partial charge in [0.2, 0.25) is 0 Å². The van der Waals surface area contributed by atoms with Gasteiger partial charge >= 0.3 is 0 Å². The Labute approximate surface area is 120 Å². The van der Waals surface area contributed by atoms with Gasteiger partial charge in [0.05, 0.1) is 5.56 Å². The van der Waals surface area contributed by atoms with Gasteiger partial charge < -0.3 is 10.2 Å². The third kappa shape index (κ3) is 4.42. The zero-order valence-electron chi connectivity index (χ0n) is 12.1. The van der Waals surface area contributed by atoms with Crippen molar-refractivity contribution in [3.63, 3.8) is 0 Å². The topological polar surface area (TPSA) is 45.2 Å². The molecule has 0 saturated heterocycles. The van der Waals surface area contributed by atoms with E-state index in [0.717, 1.165) is 24.5 Å². The predicted octanol–water partition coefficient (Wildman–Crippen LogP) is 2.73. The highest BCUT2D eigenvalue weighted by Crippen LogP contribution is 2.13. The Kier molecular flexibility index (Phi) is 6.70. The number of nitrogens with one attached hydrogen (secondary N) is 1. The molecule has 0 spiro atoms. The average Bonchev–Trinajstić information content (AvgIpc) is 2.44. The summed E-state index contributed by atoms with van der Waals surface area (Å²) >= 11 is 1.76. The lowest BCUT2D eigenvalue weighted by atomic mass is 10.2. The third-order valence-corrected chi connectivity index (χ3v) is 3.78. The van der Waals surface area contributed by atoms with Gasteiger partial charge in [-0.1, -0.05) is 6.92 Å². The largest absolute Gasteiger partial charge is 0.370 e. The molecule has 19 heavy (non-hydrogen) atoms. The number of amides is 1. The summed E-state index contributed by atoms with van der Waals surface area (Å²) in [5.41, 5.74) is 0.642. The molecule has 1 aromatic rings. The van der Waals surface area contributed by atoms with Gasteiger partial charge in [-0.05, 0) is 31.7 Å². The van der Waals surface area contributed by atoms with Gasteiger partial charge in [-0.3, -0.25) is 4.79 Å². The van der Waals surface area contributed by atoms with Gasteiger partial charge in [0.1, 0.15) is 5.82 Å². The molecule has 1 heterocycles. The van der Waals surface area contributed by atoms with Crippen molar-refractivity contribution in [2.75, 3.05) is 30.9 Å². The first-order valence-electron chi connectivity index (χ1n) is 6.60. The van der Waals surface area contributed by atoms with Crippen molar-refractivity contribution in [3.05, 3.63) is 23.9 Å². The molecule has 1 N–H and O–H groups in total. The van der Waals surface area contributed by atoms with Crippen LogP contribution >= 0.6 is 11.8 Å². The number of carbonyl (C=O) groups excluding carboxylic acids is 1. The Morgan fingerprint density at radius 3 is 2.68 bits per heavy atom. The van der Waals surface area contributed by atoms with Gasteiger partial charge in [0.25, 0.3) is 5.91 Å². The standard InChI is InChI=1S/C14H23N3OS/c1-5-12(10-19-4)17(3)14(18)11-7-8-13(15-6-2)16-9-11/h7-9,12H,5-6,10H2,1-4H3,(H,15,16). The smallest absolute Gasteiger partial charge is 0.255 e. The number of nitrogens with zero attached hydrogens (tertiary/aromatic N) is 2. The highest BCUT2D eigenvalue weighted by Gasteiger charge is 2.19. The molecule has 106 valence electrons. The second kappa shape index (κ2) is 8.04. The first kappa shape index (κ1) is 15.8. The quantitative estimate of drug-likeness (QED) is 0.834. The molecule has 1 atom stereocenters. The molecule has 1 unspecified atom stereocenters. The first-order valence-corrected chi connectivity index (χ1v) is 7.99. The molecule has 0 saturated carbocycles. The van der Waals surface area contributed by atoms with Crippen LogP contribution < -0.4 is 5.32 Å². The van der Waals surface area contributed by atoms with Gasteiger partial charge in [-0.25, -0.2) is 4.98 Å². The van der Waals surface area contributed by atoms with Crippen LogP contribution in [0.25, 0.3) is 0 Å². The van der Waals surface area contributed by atoms with E-state index in [9.17, 15) is 4.79 Å². The zero-order valence-corrected chi connectivity index (χ0v) is 13.0. The van der Waals surface area contributed by atoms with E-state index in [0.29, 0.717) is 5.56 Å². The molecule has 1 rings (SSSR count). The molecule has 0 radical (unpaired) electrons. The number of hydrogen-bond acceptors (Lipinski definition) is 4. The monoisotopic (exact) mass is 281 g/mol. The number of aromatic nitrogens is 1. The minimum atomic E-state index is 0.0384. The van der Waals surface area contributed by atoms with E-state index in [1.807, 2.05) is 31.0 Å². The van der Waals surface area contributed by atoms with E-state index in [4.69, 9.17) is 0 Å². The lowest BCUT2D eigenvalue weighted by Crippen LogP contribution is -2.38. The Morgan fingerprint density at radius 2 is 2.21 bits per heavy atom. The first-order chi connectivity index (χ1) is 9.13. The van der Waals surface area contributed by atoms with Crippen molar-refractivity contribution in [1.29, 1.82) is 0 Å². The van der Waals surface area contributed by atoms with E-state index < -0.39 is 0 Å². The van der Waals surface area contributed by atoms with Crippen molar-refractivity contribution >= 4 is 23.5 Å². The lowest BCUT2D eigenvalue weighted by Gasteiger charge is -2.26. The van der Waals surface area contributed by atoms with Crippen molar-refractivity contribution in [2.24, 2.45) is 0 Å². The molecule has 0 fully saturated rings. The van der Waals surface area contributed by atoms with Gasteiger partial charge in [0, 0.05) is 31.6 Å². The van der Waals surface area contributed by atoms with Crippen LogP contribution in [0.3, 0.4) is 0 Å². The molecule has 0 aliphatic rings. The fourth-order valence-corrected chi connectivity index (χ4v) is 2.72. The molecule has 0 aliphatic heterocycles. The minimum Gasteiger partial charge on any atom is -0.370 e. The zero-order chi connectivity index (χ0) is 14.3. The fourth-order valence-electron chi connectivity index (χ4n) is 1.87. The van der Waals surface area contributed by atoms with Crippen LogP contribution in [-0.2, 0) is 0 Å². The molecule has 1 aromatic heterocycles. The second-order valence-corrected chi connectivity index (χ2v) is 5.31. The van der Waals surface area contributed by atoms with E-state index >= 15 is 0 Å². The SMILES string of the molecule is CCNc1ccc(C(=O)N(C)C(CC)CSC)cn1. The summed E-state index contributed by atoms with van der Waals surface area (Å²) in [6.07, 6.45) is 4.67. The van der Waals surface area contributed by atoms with Gasteiger partial charge in [-0.2, -0.15) is 11.8 Å². The molecule has 4 nitrogen and oxygen atoms in total. The number of thioether (sulfide) groups is 1. The Hall–Kier alpha value is -1.23. The number of carbonyl (C=O) groups is 1. The van der Waals surface area contributed by atoms with E-state index in [1.54, 1.807) is 18.0 Å². The Balaban J connectivity index is 2.75. The van der Waals surface area contributed by atoms with Crippen LogP contribution in [-0.4, -0.2) is 47.4 Å². The summed E-state index contributed by atoms with van der Waals surface area (Å²) in [5, 5.41) is 3.12. The summed E-state index contributed by atoms with van der Waals surface area (Å²) in [7, 11) is 1.87. The van der Waals surface area contributed by atoms with E-state index in [-0.39, 0.29) is 11.9 Å². The van der Waals surface area contributed by atoms with Crippen LogP contribution in [0.2, 0.25) is 0 Å². The normalized spacial score (nSPS) is 12.0. The Bertz CT molecular complexity index is 394. The number of pyridine rings is 1. The second-order valence-electron chi connectivity index (χ2n) is 4.40.